The number of piperidine rings is 3. The molecule has 0 radical (unpaired) electrons. The van der Waals surface area contributed by atoms with Crippen molar-refractivity contribution in [3.05, 3.63) is 41.5 Å². The highest BCUT2D eigenvalue weighted by Crippen LogP contribution is 2.34. The average Bonchev–Trinajstić information content (AvgIpc) is 2.63. The predicted octanol–water partition coefficient (Wildman–Crippen LogP) is 4.12. The van der Waals surface area contributed by atoms with E-state index in [2.05, 4.69) is 20.2 Å². The van der Waals surface area contributed by atoms with Gasteiger partial charge in [-0.25, -0.2) is 14.4 Å². The Morgan fingerprint density at radius 1 is 1.15 bits per heavy atom. The molecule has 144 valence electrons. The van der Waals surface area contributed by atoms with Crippen molar-refractivity contribution in [3.63, 3.8) is 0 Å². The number of alkyl halides is 3. The number of aryl methyl sites for hydroxylation is 1. The summed E-state index contributed by atoms with van der Waals surface area (Å²) >= 11 is 0. The van der Waals surface area contributed by atoms with Crippen molar-refractivity contribution in [1.29, 1.82) is 0 Å². The van der Waals surface area contributed by atoms with Gasteiger partial charge in [-0.3, -0.25) is 0 Å². The smallest absolute Gasteiger partial charge is 0.350 e. The van der Waals surface area contributed by atoms with Gasteiger partial charge >= 0.3 is 6.18 Å². The molecule has 3 saturated heterocycles. The van der Waals surface area contributed by atoms with Crippen molar-refractivity contribution < 1.29 is 17.6 Å². The van der Waals surface area contributed by atoms with Gasteiger partial charge < -0.3 is 10.2 Å². The topological polar surface area (TPSA) is 41.1 Å². The Hall–Kier alpha value is -2.22. The minimum Gasteiger partial charge on any atom is -0.350 e. The summed E-state index contributed by atoms with van der Waals surface area (Å²) in [5.41, 5.74) is -0.0361. The number of aromatic nitrogens is 2. The van der Waals surface area contributed by atoms with Crippen LogP contribution in [0, 0.1) is 18.7 Å². The Labute approximate surface area is 154 Å². The van der Waals surface area contributed by atoms with E-state index in [0.717, 1.165) is 44.6 Å². The molecule has 0 unspecified atom stereocenters. The van der Waals surface area contributed by atoms with Crippen LogP contribution < -0.4 is 5.32 Å². The van der Waals surface area contributed by atoms with Crippen LogP contribution in [0.1, 0.15) is 24.1 Å². The van der Waals surface area contributed by atoms with Crippen LogP contribution in [0.5, 0.6) is 0 Å². The van der Waals surface area contributed by atoms with Crippen LogP contribution >= 0.6 is 0 Å². The fourth-order valence-corrected chi connectivity index (χ4v) is 4.01. The Balaban J connectivity index is 1.55. The second-order valence-electron chi connectivity index (χ2n) is 7.27. The van der Waals surface area contributed by atoms with Gasteiger partial charge in [-0.05, 0) is 50.9 Å². The average molecular weight is 380 g/mol. The summed E-state index contributed by atoms with van der Waals surface area (Å²) in [6.07, 6.45) is -0.789. The number of halogens is 4. The fraction of sp³-hybridized carbons (Fsp3) is 0.474. The van der Waals surface area contributed by atoms with Crippen LogP contribution in [0.25, 0.3) is 11.1 Å². The number of nitrogens with one attached hydrogen (secondary N) is 1. The molecule has 2 aromatic rings. The van der Waals surface area contributed by atoms with Crippen molar-refractivity contribution in [3.8, 4) is 11.1 Å². The van der Waals surface area contributed by atoms with Gasteiger partial charge in [-0.15, -0.1) is 0 Å². The molecule has 1 atom stereocenters. The lowest BCUT2D eigenvalue weighted by atomic mass is 9.84. The molecule has 4 nitrogen and oxygen atoms in total. The maximum atomic E-state index is 14.2. The van der Waals surface area contributed by atoms with Gasteiger partial charge in [0, 0.05) is 29.9 Å². The molecule has 1 aromatic carbocycles. The first kappa shape index (κ1) is 18.2. The molecule has 3 aliphatic heterocycles. The third kappa shape index (κ3) is 3.63. The summed E-state index contributed by atoms with van der Waals surface area (Å²) in [6, 6.07) is 2.80. The zero-order valence-corrected chi connectivity index (χ0v) is 14.9. The summed E-state index contributed by atoms with van der Waals surface area (Å²) in [7, 11) is 0. The van der Waals surface area contributed by atoms with Gasteiger partial charge in [0.25, 0.3) is 0 Å². The van der Waals surface area contributed by atoms with Crippen LogP contribution in [0.3, 0.4) is 0 Å². The third-order valence-corrected chi connectivity index (χ3v) is 5.54. The third-order valence-electron chi connectivity index (χ3n) is 5.54. The second-order valence-corrected chi connectivity index (χ2v) is 7.27. The van der Waals surface area contributed by atoms with Gasteiger partial charge in [0.1, 0.15) is 5.82 Å². The highest BCUT2D eigenvalue weighted by molar-refractivity contribution is 5.66. The van der Waals surface area contributed by atoms with E-state index in [4.69, 9.17) is 0 Å². The molecule has 2 bridgehead atoms. The van der Waals surface area contributed by atoms with E-state index in [9.17, 15) is 17.6 Å². The number of hydrogen-bond acceptors (Lipinski definition) is 4. The summed E-state index contributed by atoms with van der Waals surface area (Å²) in [6.45, 7) is 4.93. The first-order valence-corrected chi connectivity index (χ1v) is 9.01. The monoisotopic (exact) mass is 380 g/mol. The summed E-state index contributed by atoms with van der Waals surface area (Å²) in [5.74, 6) is 0.142. The molecule has 3 aliphatic rings. The SMILES string of the molecule is Cc1nc(N[C@@H]2CN3CCC2CC3)ncc1-c1ccc(C(F)(F)F)cc1F. The zero-order chi connectivity index (χ0) is 19.2. The van der Waals surface area contributed by atoms with Crippen molar-refractivity contribution in [2.24, 2.45) is 5.92 Å². The Kier molecular flexibility index (Phi) is 4.53. The van der Waals surface area contributed by atoms with Crippen LogP contribution in [-0.2, 0) is 6.18 Å². The van der Waals surface area contributed by atoms with Gasteiger partial charge in [-0.2, -0.15) is 13.2 Å². The summed E-state index contributed by atoms with van der Waals surface area (Å²) in [5, 5.41) is 3.37. The largest absolute Gasteiger partial charge is 0.416 e. The predicted molar refractivity (Wildman–Crippen MR) is 93.7 cm³/mol. The number of fused-ring (bicyclic) bond motifs is 3. The maximum absolute atomic E-state index is 14.2. The number of anilines is 1. The van der Waals surface area contributed by atoms with Crippen LogP contribution in [0.2, 0.25) is 0 Å². The Bertz CT molecular complexity index is 844. The lowest BCUT2D eigenvalue weighted by Crippen LogP contribution is -2.53. The normalized spacial score (nSPS) is 24.9. The van der Waals surface area contributed by atoms with Crippen molar-refractivity contribution >= 4 is 5.95 Å². The maximum Gasteiger partial charge on any atom is 0.416 e. The molecule has 0 saturated carbocycles. The molecule has 1 N–H and O–H groups in total. The molecule has 0 aliphatic carbocycles. The first-order chi connectivity index (χ1) is 12.8. The van der Waals surface area contributed by atoms with E-state index in [1.807, 2.05) is 0 Å². The molecule has 27 heavy (non-hydrogen) atoms. The number of hydrogen-bond donors (Lipinski definition) is 1. The molecule has 0 spiro atoms. The highest BCUT2D eigenvalue weighted by atomic mass is 19.4. The van der Waals surface area contributed by atoms with E-state index in [1.165, 1.54) is 6.20 Å². The van der Waals surface area contributed by atoms with Crippen molar-refractivity contribution in [2.45, 2.75) is 32.0 Å². The standard InChI is InChI=1S/C19H20F4N4/c1-11-15(14-3-2-13(8-16(14)20)19(21,22)23)9-24-18(25-11)26-17-10-27-6-4-12(17)5-7-27/h2-3,8-9,12,17H,4-7,10H2,1H3,(H,24,25,26)/t17-/m1/s1. The van der Waals surface area contributed by atoms with E-state index < -0.39 is 17.6 Å². The summed E-state index contributed by atoms with van der Waals surface area (Å²) < 4.78 is 52.4. The Morgan fingerprint density at radius 3 is 2.44 bits per heavy atom. The van der Waals surface area contributed by atoms with E-state index in [1.54, 1.807) is 6.92 Å². The number of nitrogens with zero attached hydrogens (tertiary/aromatic N) is 3. The minimum atomic E-state index is -4.58. The van der Waals surface area contributed by atoms with E-state index in [-0.39, 0.29) is 5.56 Å². The highest BCUT2D eigenvalue weighted by Gasteiger charge is 2.34. The minimum absolute atomic E-state index is 0.0647. The molecule has 1 aromatic heterocycles. The number of rotatable bonds is 3. The second kappa shape index (κ2) is 6.74. The van der Waals surface area contributed by atoms with E-state index >= 15 is 0 Å². The van der Waals surface area contributed by atoms with Crippen molar-refractivity contribution in [2.75, 3.05) is 25.0 Å². The van der Waals surface area contributed by atoms with Gasteiger partial charge in [0.15, 0.2) is 0 Å². The van der Waals surface area contributed by atoms with Gasteiger partial charge in [0.2, 0.25) is 5.95 Å². The molecule has 0 amide bonds. The summed E-state index contributed by atoms with van der Waals surface area (Å²) in [4.78, 5) is 11.1. The van der Waals surface area contributed by atoms with Gasteiger partial charge in [0.05, 0.1) is 11.3 Å². The molecular formula is C19H20F4N4. The molecule has 3 fully saturated rings. The zero-order valence-electron chi connectivity index (χ0n) is 14.9. The molecule has 8 heteroatoms. The van der Waals surface area contributed by atoms with Crippen LogP contribution in [-0.4, -0.2) is 40.5 Å². The molecule has 5 rings (SSSR count). The lowest BCUT2D eigenvalue weighted by Gasteiger charge is -2.44. The van der Waals surface area contributed by atoms with Gasteiger partial charge in [-0.1, -0.05) is 6.07 Å². The lowest BCUT2D eigenvalue weighted by molar-refractivity contribution is -0.137. The van der Waals surface area contributed by atoms with Crippen molar-refractivity contribution in [1.82, 2.24) is 14.9 Å². The Morgan fingerprint density at radius 2 is 1.89 bits per heavy atom. The number of benzene rings is 1. The molecular weight excluding hydrogens is 360 g/mol. The quantitative estimate of drug-likeness (QED) is 0.814. The fourth-order valence-electron chi connectivity index (χ4n) is 4.01. The van der Waals surface area contributed by atoms with E-state index in [0.29, 0.717) is 35.2 Å². The van der Waals surface area contributed by atoms with Crippen LogP contribution in [0.4, 0.5) is 23.5 Å². The van der Waals surface area contributed by atoms with Crippen LogP contribution in [0.15, 0.2) is 24.4 Å². The molecule has 4 heterocycles. The first-order valence-electron chi connectivity index (χ1n) is 9.01.